The molecule has 4 heteroatoms. The second kappa shape index (κ2) is 8.21. The molecule has 3 rings (SSSR count). The van der Waals surface area contributed by atoms with Crippen molar-refractivity contribution in [2.75, 3.05) is 40.4 Å². The van der Waals surface area contributed by atoms with E-state index in [1.54, 1.807) is 19.1 Å². The normalized spacial score (nSPS) is 30.8. The molecule has 2 unspecified atom stereocenters. The molecule has 2 N–H and O–H groups in total. The van der Waals surface area contributed by atoms with Crippen molar-refractivity contribution in [3.63, 3.8) is 0 Å². The Morgan fingerprint density at radius 2 is 1.83 bits per heavy atom. The summed E-state index contributed by atoms with van der Waals surface area (Å²) in [5.74, 6) is 2.84. The van der Waals surface area contributed by atoms with Crippen LogP contribution in [0.25, 0.3) is 0 Å². The van der Waals surface area contributed by atoms with Gasteiger partial charge in [0.05, 0.1) is 25.8 Å². The maximum atomic E-state index is 5.54. The van der Waals surface area contributed by atoms with E-state index in [0.29, 0.717) is 0 Å². The van der Waals surface area contributed by atoms with Crippen LogP contribution in [0.5, 0.6) is 11.5 Å². The summed E-state index contributed by atoms with van der Waals surface area (Å²) in [7, 11) is 3.48. The number of methoxy groups -OCH3 is 2. The van der Waals surface area contributed by atoms with E-state index < -0.39 is 0 Å². The third kappa shape index (κ3) is 4.22. The molecule has 0 bridgehead atoms. The molecule has 1 aromatic carbocycles. The van der Waals surface area contributed by atoms with Gasteiger partial charge in [0.15, 0.2) is 0 Å². The number of nitrogens with one attached hydrogen (secondary N) is 2. The fourth-order valence-corrected chi connectivity index (χ4v) is 4.60. The highest BCUT2D eigenvalue weighted by Crippen LogP contribution is 2.23. The first kappa shape index (κ1) is 17.6. The monoisotopic (exact) mass is 334 g/mol. The number of quaternary nitrogens is 2. The fraction of sp³-hybridized carbons (Fsp3) is 0.700. The summed E-state index contributed by atoms with van der Waals surface area (Å²) in [4.78, 5) is 3.54. The van der Waals surface area contributed by atoms with Gasteiger partial charge in [0.25, 0.3) is 0 Å². The predicted molar refractivity (Wildman–Crippen MR) is 96.1 cm³/mol. The molecular formula is C20H34N2O2+2. The van der Waals surface area contributed by atoms with E-state index in [1.165, 1.54) is 57.4 Å². The van der Waals surface area contributed by atoms with Crippen molar-refractivity contribution in [1.82, 2.24) is 0 Å². The first-order valence-corrected chi connectivity index (χ1v) is 9.58. The van der Waals surface area contributed by atoms with Crippen LogP contribution in [-0.4, -0.2) is 46.4 Å². The van der Waals surface area contributed by atoms with E-state index in [0.717, 1.165) is 30.0 Å². The van der Waals surface area contributed by atoms with Crippen LogP contribution in [0.15, 0.2) is 18.2 Å². The Hall–Kier alpha value is -1.26. The maximum absolute atomic E-state index is 5.54. The zero-order valence-corrected chi connectivity index (χ0v) is 15.6. The van der Waals surface area contributed by atoms with E-state index in [-0.39, 0.29) is 0 Å². The number of piperazine rings is 1. The first-order chi connectivity index (χ1) is 11.7. The van der Waals surface area contributed by atoms with E-state index >= 15 is 0 Å². The molecular weight excluding hydrogens is 300 g/mol. The Labute approximate surface area is 146 Å². The maximum Gasteiger partial charge on any atom is 0.127 e. The topological polar surface area (TPSA) is 27.3 Å². The van der Waals surface area contributed by atoms with E-state index in [1.807, 2.05) is 17.0 Å². The molecule has 0 spiro atoms. The summed E-state index contributed by atoms with van der Waals surface area (Å²) in [6, 6.07) is 7.05. The number of benzene rings is 1. The largest absolute Gasteiger partial charge is 0.497 e. The molecule has 2 fully saturated rings. The minimum atomic E-state index is 0.918. The average molecular weight is 335 g/mol. The van der Waals surface area contributed by atoms with Gasteiger partial charge in [0.1, 0.15) is 44.2 Å². The van der Waals surface area contributed by atoms with Gasteiger partial charge in [-0.1, -0.05) is 13.3 Å². The molecule has 1 heterocycles. The minimum absolute atomic E-state index is 0.918. The summed E-state index contributed by atoms with van der Waals surface area (Å²) in [5.41, 5.74) is 1.27. The Bertz CT molecular complexity index is 526. The molecule has 1 saturated carbocycles. The third-order valence-electron chi connectivity index (χ3n) is 6.04. The van der Waals surface area contributed by atoms with Crippen LogP contribution >= 0.6 is 0 Å². The van der Waals surface area contributed by atoms with Crippen LogP contribution in [0.4, 0.5) is 0 Å². The molecule has 1 aromatic rings. The van der Waals surface area contributed by atoms with Crippen molar-refractivity contribution in [2.24, 2.45) is 5.92 Å². The zero-order chi connectivity index (χ0) is 16.9. The van der Waals surface area contributed by atoms with Crippen molar-refractivity contribution in [2.45, 2.75) is 45.2 Å². The second-order valence-corrected chi connectivity index (χ2v) is 7.73. The Kier molecular flexibility index (Phi) is 6.01. The lowest BCUT2D eigenvalue weighted by molar-refractivity contribution is -1.03. The lowest BCUT2D eigenvalue weighted by atomic mass is 9.86. The minimum Gasteiger partial charge on any atom is -0.497 e. The molecule has 4 nitrogen and oxygen atoms in total. The van der Waals surface area contributed by atoms with Gasteiger partial charge in [-0.2, -0.15) is 0 Å². The van der Waals surface area contributed by atoms with Crippen molar-refractivity contribution in [3.05, 3.63) is 23.8 Å². The quantitative estimate of drug-likeness (QED) is 0.824. The summed E-state index contributed by atoms with van der Waals surface area (Å²) in [5, 5.41) is 0. The van der Waals surface area contributed by atoms with Gasteiger partial charge in [0, 0.05) is 6.42 Å². The molecule has 24 heavy (non-hydrogen) atoms. The van der Waals surface area contributed by atoms with Gasteiger partial charge >= 0.3 is 0 Å². The average Bonchev–Trinajstić information content (AvgIpc) is 2.62. The molecule has 1 aliphatic carbocycles. The molecule has 2 atom stereocenters. The fourth-order valence-electron chi connectivity index (χ4n) is 4.60. The van der Waals surface area contributed by atoms with Crippen LogP contribution in [0.2, 0.25) is 0 Å². The van der Waals surface area contributed by atoms with E-state index in [2.05, 4.69) is 13.0 Å². The smallest absolute Gasteiger partial charge is 0.127 e. The Balaban J connectivity index is 1.55. The van der Waals surface area contributed by atoms with Gasteiger partial charge in [0.2, 0.25) is 0 Å². The van der Waals surface area contributed by atoms with Gasteiger partial charge < -0.3 is 19.3 Å². The second-order valence-electron chi connectivity index (χ2n) is 7.73. The standard InChI is InChI=1S/C20H32N2O2/c1-16-5-4-6-18(13-16)22-11-9-21(10-12-22)15-17-14-19(23-2)7-8-20(17)24-3/h7-8,14,16,18H,4-6,9-13,15H2,1-3H3/p+2. The number of hydrogen-bond donors (Lipinski definition) is 2. The number of rotatable bonds is 5. The molecule has 1 aliphatic heterocycles. The number of ether oxygens (including phenoxy) is 2. The molecule has 0 amide bonds. The van der Waals surface area contributed by atoms with Crippen molar-refractivity contribution in [1.29, 1.82) is 0 Å². The Morgan fingerprint density at radius 1 is 1.04 bits per heavy atom. The van der Waals surface area contributed by atoms with Crippen LogP contribution in [0.3, 0.4) is 0 Å². The summed E-state index contributed by atoms with van der Waals surface area (Å²) >= 11 is 0. The van der Waals surface area contributed by atoms with Crippen LogP contribution < -0.4 is 19.3 Å². The highest BCUT2D eigenvalue weighted by atomic mass is 16.5. The van der Waals surface area contributed by atoms with Crippen LogP contribution in [-0.2, 0) is 6.54 Å². The lowest BCUT2D eigenvalue weighted by Gasteiger charge is -2.37. The zero-order valence-electron chi connectivity index (χ0n) is 15.6. The first-order valence-electron chi connectivity index (χ1n) is 9.58. The summed E-state index contributed by atoms with van der Waals surface area (Å²) in [6.45, 7) is 8.63. The molecule has 134 valence electrons. The summed E-state index contributed by atoms with van der Waals surface area (Å²) < 4.78 is 10.9. The Morgan fingerprint density at radius 3 is 2.50 bits per heavy atom. The highest BCUT2D eigenvalue weighted by Gasteiger charge is 2.32. The van der Waals surface area contributed by atoms with Crippen molar-refractivity contribution in [3.8, 4) is 11.5 Å². The number of hydrogen-bond acceptors (Lipinski definition) is 2. The van der Waals surface area contributed by atoms with Crippen molar-refractivity contribution < 1.29 is 19.3 Å². The van der Waals surface area contributed by atoms with E-state index in [9.17, 15) is 0 Å². The third-order valence-corrected chi connectivity index (χ3v) is 6.04. The van der Waals surface area contributed by atoms with Gasteiger partial charge in [-0.15, -0.1) is 0 Å². The van der Waals surface area contributed by atoms with Gasteiger partial charge in [-0.3, -0.25) is 0 Å². The molecule has 2 aliphatic rings. The SMILES string of the molecule is COc1ccc(OC)c(C[NH+]2CC[NH+](C3CCCC(C)C3)CC2)c1. The van der Waals surface area contributed by atoms with E-state index in [4.69, 9.17) is 9.47 Å². The predicted octanol–water partition coefficient (Wildman–Crippen LogP) is 0.566. The summed E-state index contributed by atoms with van der Waals surface area (Å²) in [6.07, 6.45) is 5.76. The van der Waals surface area contributed by atoms with Gasteiger partial charge in [-0.25, -0.2) is 0 Å². The highest BCUT2D eigenvalue weighted by molar-refractivity contribution is 5.39. The van der Waals surface area contributed by atoms with Crippen molar-refractivity contribution >= 4 is 0 Å². The molecule has 1 saturated heterocycles. The van der Waals surface area contributed by atoms with Gasteiger partial charge in [-0.05, 0) is 37.0 Å². The lowest BCUT2D eigenvalue weighted by Crippen LogP contribution is -3.29. The molecule has 0 aromatic heterocycles. The van der Waals surface area contributed by atoms with Crippen LogP contribution in [0, 0.1) is 5.92 Å². The van der Waals surface area contributed by atoms with Crippen LogP contribution in [0.1, 0.15) is 38.2 Å². The molecule has 0 radical (unpaired) electrons.